The molecule has 0 heterocycles. The number of rotatable bonds is 3. The van der Waals surface area contributed by atoms with Crippen molar-refractivity contribution < 1.29 is 0 Å². The van der Waals surface area contributed by atoms with Gasteiger partial charge in [-0.2, -0.15) is 0 Å². The van der Waals surface area contributed by atoms with E-state index in [0.717, 1.165) is 13.9 Å². The van der Waals surface area contributed by atoms with E-state index in [-0.39, 0.29) is 5.54 Å². The Morgan fingerprint density at radius 1 is 1.40 bits per heavy atom. The smallest absolute Gasteiger partial charge is 0.0950 e. The number of halogens is 2. The molecule has 2 nitrogen and oxygen atoms in total. The summed E-state index contributed by atoms with van der Waals surface area (Å²) < 4.78 is 1.81. The van der Waals surface area contributed by atoms with Gasteiger partial charge < -0.3 is 0 Å². The number of hydrogen-bond donors (Lipinski definition) is 0. The molecule has 0 aliphatic heterocycles. The Bertz CT molecular complexity index is 318. The van der Waals surface area contributed by atoms with Crippen LogP contribution in [-0.4, -0.2) is 16.4 Å². The summed E-state index contributed by atoms with van der Waals surface area (Å²) in [6, 6.07) is 0. The molecule has 0 aliphatic carbocycles. The first-order chi connectivity index (χ1) is 6.76. The molecule has 0 radical (unpaired) electrons. The second kappa shape index (κ2) is 6.58. The molecular weight excluding hydrogens is 367 g/mol. The summed E-state index contributed by atoms with van der Waals surface area (Å²) in [4.78, 5) is 8.75. The van der Waals surface area contributed by atoms with Gasteiger partial charge in [-0.25, -0.2) is 4.99 Å². The summed E-state index contributed by atoms with van der Waals surface area (Å²) in [5.74, 6) is 0. The molecule has 0 bridgehead atoms. The van der Waals surface area contributed by atoms with Crippen LogP contribution in [0.5, 0.6) is 0 Å². The topological polar surface area (TPSA) is 24.7 Å². The minimum atomic E-state index is -0.0842. The van der Waals surface area contributed by atoms with Crippen molar-refractivity contribution in [2.24, 2.45) is 9.98 Å². The van der Waals surface area contributed by atoms with Crippen molar-refractivity contribution in [2.75, 3.05) is 0 Å². The first-order valence-electron chi connectivity index (χ1n) is 4.54. The molecule has 84 valence electrons. The third-order valence-corrected chi connectivity index (χ3v) is 2.44. The predicted octanol–water partition coefficient (Wildman–Crippen LogP) is 4.50. The fourth-order valence-corrected chi connectivity index (χ4v) is 1.12. The van der Waals surface area contributed by atoms with Gasteiger partial charge in [-0.15, -0.1) is 0 Å². The molecule has 15 heavy (non-hydrogen) atoms. The van der Waals surface area contributed by atoms with E-state index in [2.05, 4.69) is 55.1 Å². The van der Waals surface area contributed by atoms with E-state index in [1.165, 1.54) is 0 Å². The highest BCUT2D eigenvalue weighted by molar-refractivity contribution is 14.1. The van der Waals surface area contributed by atoms with Crippen LogP contribution < -0.4 is 0 Å². The minimum Gasteiger partial charge on any atom is -0.285 e. The van der Waals surface area contributed by atoms with Crippen molar-refractivity contribution in [3.8, 4) is 0 Å². The molecule has 0 aromatic rings. The summed E-state index contributed by atoms with van der Waals surface area (Å²) in [7, 11) is 0. The van der Waals surface area contributed by atoms with Crippen molar-refractivity contribution in [2.45, 2.75) is 33.2 Å². The molecule has 0 N–H and O–H groups in total. The maximum absolute atomic E-state index is 4.42. The Labute approximate surface area is 114 Å². The van der Waals surface area contributed by atoms with Gasteiger partial charge in [0.2, 0.25) is 0 Å². The molecule has 0 fully saturated rings. The van der Waals surface area contributed by atoms with Crippen LogP contribution >= 0.6 is 38.5 Å². The average molecular weight is 383 g/mol. The van der Waals surface area contributed by atoms with E-state index in [1.54, 1.807) is 12.3 Å². The highest BCUT2D eigenvalue weighted by Crippen LogP contribution is 2.16. The van der Waals surface area contributed by atoms with Crippen LogP contribution in [0.4, 0.5) is 0 Å². The largest absolute Gasteiger partial charge is 0.285 e. The lowest BCUT2D eigenvalue weighted by Gasteiger charge is -2.11. The maximum atomic E-state index is 4.42. The zero-order valence-electron chi connectivity index (χ0n) is 9.51. The lowest BCUT2D eigenvalue weighted by atomic mass is 10.1. The number of aliphatic imine (C=N–C) groups is 2. The van der Waals surface area contributed by atoms with Gasteiger partial charge in [0.05, 0.1) is 15.9 Å². The van der Waals surface area contributed by atoms with E-state index in [4.69, 9.17) is 0 Å². The lowest BCUT2D eigenvalue weighted by molar-refractivity contribution is 0.586. The van der Waals surface area contributed by atoms with Gasteiger partial charge in [0.1, 0.15) is 0 Å². The molecule has 0 aliphatic rings. The van der Waals surface area contributed by atoms with Crippen molar-refractivity contribution in [3.05, 3.63) is 21.9 Å². The van der Waals surface area contributed by atoms with Crippen LogP contribution in [-0.2, 0) is 0 Å². The van der Waals surface area contributed by atoms with E-state index in [1.807, 2.05) is 27.7 Å². The predicted molar refractivity (Wildman–Crippen MR) is 81.5 cm³/mol. The zero-order valence-corrected chi connectivity index (χ0v) is 13.3. The average Bonchev–Trinajstić information content (AvgIpc) is 2.09. The zero-order chi connectivity index (χ0) is 12.1. The van der Waals surface area contributed by atoms with Crippen LogP contribution in [0.3, 0.4) is 0 Å². The Balaban J connectivity index is 5.10. The van der Waals surface area contributed by atoms with Crippen LogP contribution in [0, 0.1) is 0 Å². The van der Waals surface area contributed by atoms with Crippen molar-refractivity contribution >= 4 is 49.4 Å². The molecule has 0 rings (SSSR count). The first-order valence-corrected chi connectivity index (χ1v) is 6.41. The van der Waals surface area contributed by atoms with Crippen LogP contribution in [0.25, 0.3) is 0 Å². The molecule has 0 spiro atoms. The Hall–Kier alpha value is 0.0300. The van der Waals surface area contributed by atoms with Gasteiger partial charge in [-0.3, -0.25) is 4.99 Å². The van der Waals surface area contributed by atoms with E-state index < -0.39 is 0 Å². The van der Waals surface area contributed by atoms with Crippen LogP contribution in [0.2, 0.25) is 0 Å². The third kappa shape index (κ3) is 7.90. The molecule has 0 atom stereocenters. The Morgan fingerprint density at radius 3 is 2.27 bits per heavy atom. The van der Waals surface area contributed by atoms with Crippen molar-refractivity contribution in [1.82, 2.24) is 0 Å². The summed E-state index contributed by atoms with van der Waals surface area (Å²) in [6.07, 6.45) is 3.55. The Kier molecular flexibility index (Phi) is 6.59. The molecule has 0 saturated carbocycles. The summed E-state index contributed by atoms with van der Waals surface area (Å²) in [6.45, 7) is 11.8. The number of hydrogen-bond acceptors (Lipinski definition) is 2. The summed E-state index contributed by atoms with van der Waals surface area (Å²) >= 11 is 5.50. The highest BCUT2D eigenvalue weighted by Gasteiger charge is 2.06. The molecule has 0 saturated heterocycles. The van der Waals surface area contributed by atoms with Crippen LogP contribution in [0.1, 0.15) is 27.7 Å². The van der Waals surface area contributed by atoms with Crippen molar-refractivity contribution in [1.29, 1.82) is 0 Å². The second-order valence-electron chi connectivity index (χ2n) is 3.98. The number of nitrogens with zero attached hydrogens (tertiary/aromatic N) is 2. The van der Waals surface area contributed by atoms with Crippen LogP contribution in [0.15, 0.2) is 31.9 Å². The number of allylic oxidation sites excluding steroid dienone is 3. The summed E-state index contributed by atoms with van der Waals surface area (Å²) in [5, 5.41) is 0. The Morgan fingerprint density at radius 2 is 1.93 bits per heavy atom. The van der Waals surface area contributed by atoms with Gasteiger partial charge >= 0.3 is 0 Å². The van der Waals surface area contributed by atoms with E-state index in [9.17, 15) is 0 Å². The minimum absolute atomic E-state index is 0.0842. The first kappa shape index (κ1) is 15.0. The fourth-order valence-electron chi connectivity index (χ4n) is 0.669. The standard InChI is InChI=1S/C11H16BrIN2/c1-6-9(13)10(15-8(2)12)7-14-11(3,4)5/h6-7H,1H2,2-5H3/b10-9+,14-7?,15-8?. The fraction of sp³-hybridized carbons (Fsp3) is 0.455. The SMILES string of the molecule is C=C/C(I)=C(/C=NC(C)(C)C)N=C(C)Br. The molecule has 0 unspecified atom stereocenters. The van der Waals surface area contributed by atoms with Gasteiger partial charge in [0.25, 0.3) is 0 Å². The van der Waals surface area contributed by atoms with Gasteiger partial charge in [0, 0.05) is 9.79 Å². The lowest BCUT2D eigenvalue weighted by Crippen LogP contribution is -2.09. The highest BCUT2D eigenvalue weighted by atomic mass is 127. The van der Waals surface area contributed by atoms with Gasteiger partial charge in [-0.1, -0.05) is 12.7 Å². The molecule has 0 amide bonds. The maximum Gasteiger partial charge on any atom is 0.0950 e. The van der Waals surface area contributed by atoms with E-state index in [0.29, 0.717) is 0 Å². The second-order valence-corrected chi connectivity index (χ2v) is 6.29. The molecule has 0 aromatic heterocycles. The summed E-state index contributed by atoms with van der Waals surface area (Å²) in [5.41, 5.74) is 0.744. The van der Waals surface area contributed by atoms with Crippen molar-refractivity contribution in [3.63, 3.8) is 0 Å². The van der Waals surface area contributed by atoms with Gasteiger partial charge in [-0.05, 0) is 66.2 Å². The third-order valence-electron chi connectivity index (χ3n) is 1.27. The van der Waals surface area contributed by atoms with E-state index >= 15 is 0 Å². The molecule has 0 aromatic carbocycles. The van der Waals surface area contributed by atoms with Gasteiger partial charge in [0.15, 0.2) is 0 Å². The quantitative estimate of drug-likeness (QED) is 0.390. The normalized spacial score (nSPS) is 15.5. The monoisotopic (exact) mass is 382 g/mol. The molecular formula is C11H16BrIN2. The molecule has 4 heteroatoms.